The van der Waals surface area contributed by atoms with Crippen molar-refractivity contribution in [1.82, 2.24) is 25.1 Å². The number of para-hydroxylation sites is 1. The fraction of sp³-hybridized carbons (Fsp3) is 0.333. The molecule has 3 aliphatic heterocycles. The second-order valence-electron chi connectivity index (χ2n) is 14.5. The second kappa shape index (κ2) is 15.6. The van der Waals surface area contributed by atoms with Gasteiger partial charge in [-0.1, -0.05) is 23.7 Å². The van der Waals surface area contributed by atoms with Gasteiger partial charge in [0.15, 0.2) is 5.82 Å². The molecule has 292 valence electrons. The first-order valence-corrected chi connectivity index (χ1v) is 21.1. The van der Waals surface area contributed by atoms with E-state index in [4.69, 9.17) is 16.3 Å². The molecule has 2 saturated heterocycles. The molecule has 56 heavy (non-hydrogen) atoms. The number of fused-ring (bicyclic) bond motifs is 1. The summed E-state index contributed by atoms with van der Waals surface area (Å²) in [4.78, 5) is 64.5. The van der Waals surface area contributed by atoms with E-state index in [2.05, 4.69) is 30.8 Å². The minimum absolute atomic E-state index is 0.00410. The third-order valence-corrected chi connectivity index (χ3v) is 12.2. The predicted octanol–water partition coefficient (Wildman–Crippen LogP) is 5.51. The monoisotopic (exact) mass is 802 g/mol. The zero-order chi connectivity index (χ0) is 39.9. The summed E-state index contributed by atoms with van der Waals surface area (Å²) in [7, 11) is 0.910. The van der Waals surface area contributed by atoms with E-state index in [1.54, 1.807) is 20.4 Å². The van der Waals surface area contributed by atoms with Gasteiger partial charge in [-0.15, -0.1) is 0 Å². The van der Waals surface area contributed by atoms with Crippen molar-refractivity contribution in [1.29, 1.82) is 0 Å². The molecule has 14 nitrogen and oxygen atoms in total. The van der Waals surface area contributed by atoms with Crippen LogP contribution in [-0.2, 0) is 20.7 Å². The Balaban J connectivity index is 0.981. The third kappa shape index (κ3) is 7.84. The van der Waals surface area contributed by atoms with Crippen molar-refractivity contribution in [2.75, 3.05) is 56.1 Å². The number of carbonyl (C=O) groups excluding carboxylic acids is 4. The van der Waals surface area contributed by atoms with Gasteiger partial charge in [-0.2, -0.15) is 4.98 Å². The van der Waals surface area contributed by atoms with E-state index in [1.807, 2.05) is 54.4 Å². The maximum absolute atomic E-state index is 15.4. The van der Waals surface area contributed by atoms with Gasteiger partial charge in [-0.05, 0) is 76.0 Å². The lowest BCUT2D eigenvalue weighted by molar-refractivity contribution is -0.136. The number of amides is 4. The molecule has 0 radical (unpaired) electrons. The molecule has 4 amide bonds. The molecular weight excluding hydrogens is 762 g/mol. The molecule has 7 rings (SSSR count). The highest BCUT2D eigenvalue weighted by Crippen LogP contribution is 2.39. The predicted molar refractivity (Wildman–Crippen MR) is 212 cm³/mol. The molecule has 0 bridgehead atoms. The molecule has 0 aliphatic carbocycles. The molecule has 1 atom stereocenters. The maximum Gasteiger partial charge on any atom is 0.262 e. The van der Waals surface area contributed by atoms with Gasteiger partial charge in [-0.25, -0.2) is 9.37 Å². The molecule has 3 aromatic carbocycles. The van der Waals surface area contributed by atoms with Crippen molar-refractivity contribution in [3.05, 3.63) is 88.3 Å². The Kier molecular flexibility index (Phi) is 10.9. The quantitative estimate of drug-likeness (QED) is 0.129. The first-order chi connectivity index (χ1) is 26.7. The number of ether oxygens (including phenoxy) is 1. The number of rotatable bonds is 11. The molecular formula is C39H41ClFN8O6P. The number of imide groups is 2. The SMILES string of the molecule is COc1cc(N2CCC(N(C)Cc3cc4c(cc3F)C(=O)N(C3CCC(=O)NC3=O)C4=O)CC2)ccc1Nc1ncc(Cl)c(Nc2ccccc2P(C)(C)=O)n1. The zero-order valence-electron chi connectivity index (χ0n) is 31.3. The average molecular weight is 803 g/mol. The van der Waals surface area contributed by atoms with Crippen LogP contribution in [-0.4, -0.2) is 96.1 Å². The van der Waals surface area contributed by atoms with E-state index < -0.39 is 42.6 Å². The van der Waals surface area contributed by atoms with Crippen LogP contribution in [0.1, 0.15) is 52.0 Å². The van der Waals surface area contributed by atoms with Gasteiger partial charge in [-0.3, -0.25) is 34.3 Å². The summed E-state index contributed by atoms with van der Waals surface area (Å²) in [6, 6.07) is 14.6. The summed E-state index contributed by atoms with van der Waals surface area (Å²) < 4.78 is 34.0. The van der Waals surface area contributed by atoms with Gasteiger partial charge in [0.2, 0.25) is 17.8 Å². The highest BCUT2D eigenvalue weighted by Gasteiger charge is 2.45. The van der Waals surface area contributed by atoms with Gasteiger partial charge >= 0.3 is 0 Å². The van der Waals surface area contributed by atoms with Crippen LogP contribution < -0.4 is 30.9 Å². The van der Waals surface area contributed by atoms with Gasteiger partial charge in [0.25, 0.3) is 11.8 Å². The van der Waals surface area contributed by atoms with Crippen LogP contribution in [0.15, 0.2) is 60.8 Å². The fourth-order valence-corrected chi connectivity index (χ4v) is 8.70. The summed E-state index contributed by atoms with van der Waals surface area (Å²) in [6.07, 6.45) is 3.09. The number of carbonyl (C=O) groups is 4. The average Bonchev–Trinajstić information content (AvgIpc) is 3.40. The summed E-state index contributed by atoms with van der Waals surface area (Å²) >= 11 is 6.45. The van der Waals surface area contributed by atoms with Crippen molar-refractivity contribution < 1.29 is 32.9 Å². The molecule has 4 heterocycles. The summed E-state index contributed by atoms with van der Waals surface area (Å²) in [5, 5.41) is 9.57. The summed E-state index contributed by atoms with van der Waals surface area (Å²) in [5.41, 5.74) is 2.49. The lowest BCUT2D eigenvalue weighted by atomic mass is 10.0. The maximum atomic E-state index is 15.4. The highest BCUT2D eigenvalue weighted by atomic mass is 35.5. The van der Waals surface area contributed by atoms with Gasteiger partial charge in [0.1, 0.15) is 29.8 Å². The number of methoxy groups -OCH3 is 1. The summed E-state index contributed by atoms with van der Waals surface area (Å²) in [6.45, 7) is 5.08. The molecule has 17 heteroatoms. The van der Waals surface area contributed by atoms with Crippen LogP contribution >= 0.6 is 18.7 Å². The largest absolute Gasteiger partial charge is 0.494 e. The molecule has 3 N–H and O–H groups in total. The molecule has 1 aromatic heterocycles. The van der Waals surface area contributed by atoms with E-state index >= 15 is 4.39 Å². The van der Waals surface area contributed by atoms with Crippen molar-refractivity contribution in [2.45, 2.75) is 44.3 Å². The van der Waals surface area contributed by atoms with E-state index in [0.29, 0.717) is 33.3 Å². The van der Waals surface area contributed by atoms with Gasteiger partial charge in [0.05, 0.1) is 35.8 Å². The van der Waals surface area contributed by atoms with Crippen LogP contribution in [0.5, 0.6) is 5.75 Å². The van der Waals surface area contributed by atoms with Crippen molar-refractivity contribution >= 4 is 76.5 Å². The van der Waals surface area contributed by atoms with Crippen LogP contribution in [0, 0.1) is 5.82 Å². The number of anilines is 5. The van der Waals surface area contributed by atoms with Gasteiger partial charge in [0, 0.05) is 54.7 Å². The van der Waals surface area contributed by atoms with E-state index in [-0.39, 0.29) is 48.1 Å². The highest BCUT2D eigenvalue weighted by molar-refractivity contribution is 7.70. The number of piperidine rings is 2. The number of hydrogen-bond acceptors (Lipinski definition) is 12. The minimum Gasteiger partial charge on any atom is -0.494 e. The number of nitrogens with one attached hydrogen (secondary N) is 3. The fourth-order valence-electron chi connectivity index (χ4n) is 7.41. The second-order valence-corrected chi connectivity index (χ2v) is 18.1. The van der Waals surface area contributed by atoms with Crippen molar-refractivity contribution in [3.63, 3.8) is 0 Å². The number of hydrogen-bond donors (Lipinski definition) is 3. The Bertz CT molecular complexity index is 2300. The third-order valence-electron chi connectivity index (χ3n) is 10.4. The standard InChI is InChI=1S/C39H41ClFN8O6P/c1-47(21-22-17-25-26(19-28(22)41)38(53)49(37(25)52)31-11-12-34(50)45-36(31)51)23-13-15-48(16-14-23)24-9-10-29(32(18-24)55-2)44-39-42-20-27(40)35(46-39)43-30-7-5-6-8-33(30)56(3,4)54/h5-10,17-20,23,31H,11-16,21H2,1-4H3,(H,45,50,51)(H2,42,43,44,46). The smallest absolute Gasteiger partial charge is 0.262 e. The minimum atomic E-state index is -2.58. The number of benzene rings is 3. The number of halogens is 2. The molecule has 1 unspecified atom stereocenters. The lowest BCUT2D eigenvalue weighted by Crippen LogP contribution is -2.54. The van der Waals surface area contributed by atoms with Crippen molar-refractivity contribution in [3.8, 4) is 5.75 Å². The Morgan fingerprint density at radius 1 is 0.982 bits per heavy atom. The number of aromatic nitrogens is 2. The van der Waals surface area contributed by atoms with Crippen LogP contribution in [0.2, 0.25) is 5.02 Å². The van der Waals surface area contributed by atoms with E-state index in [9.17, 15) is 23.7 Å². The Labute approximate surface area is 328 Å². The van der Waals surface area contributed by atoms with Crippen LogP contribution in [0.4, 0.5) is 33.2 Å². The first-order valence-electron chi connectivity index (χ1n) is 18.1. The molecule has 4 aromatic rings. The topological polar surface area (TPSA) is 166 Å². The zero-order valence-corrected chi connectivity index (χ0v) is 32.9. The Hall–Kier alpha value is -5.37. The van der Waals surface area contributed by atoms with Crippen molar-refractivity contribution in [2.24, 2.45) is 0 Å². The van der Waals surface area contributed by atoms with E-state index in [0.717, 1.165) is 42.6 Å². The first kappa shape index (κ1) is 38.9. The van der Waals surface area contributed by atoms with Gasteiger partial charge < -0.3 is 24.8 Å². The Morgan fingerprint density at radius 2 is 1.70 bits per heavy atom. The molecule has 2 fully saturated rings. The van der Waals surface area contributed by atoms with E-state index in [1.165, 1.54) is 12.3 Å². The molecule has 0 spiro atoms. The van der Waals surface area contributed by atoms with Crippen LogP contribution in [0.3, 0.4) is 0 Å². The van der Waals surface area contributed by atoms with Crippen LogP contribution in [0.25, 0.3) is 0 Å². The lowest BCUT2D eigenvalue weighted by Gasteiger charge is -2.38. The normalized spacial score (nSPS) is 17.7. The Morgan fingerprint density at radius 3 is 2.39 bits per heavy atom. The number of nitrogens with zero attached hydrogens (tertiary/aromatic N) is 5. The summed E-state index contributed by atoms with van der Waals surface area (Å²) in [5.74, 6) is -1.98. The molecule has 0 saturated carbocycles. The molecule has 3 aliphatic rings.